The maximum Gasteiger partial charge on any atom is 0.321 e. The van der Waals surface area contributed by atoms with E-state index in [1.165, 1.54) is 42.7 Å². The van der Waals surface area contributed by atoms with Crippen LogP contribution >= 0.6 is 11.8 Å². The van der Waals surface area contributed by atoms with Gasteiger partial charge in [0.2, 0.25) is 0 Å². The number of hydrogen-bond donors (Lipinski definition) is 1. The molecule has 0 radical (unpaired) electrons. The summed E-state index contributed by atoms with van der Waals surface area (Å²) in [6.07, 6.45) is 2.48. The fourth-order valence-corrected chi connectivity index (χ4v) is 5.30. The highest BCUT2D eigenvalue weighted by Crippen LogP contribution is 2.45. The second kappa shape index (κ2) is 9.50. The molecule has 5 rings (SSSR count). The third-order valence-corrected chi connectivity index (χ3v) is 7.47. The molecule has 3 aromatic carbocycles. The van der Waals surface area contributed by atoms with Gasteiger partial charge in [-0.25, -0.2) is 9.97 Å². The van der Waals surface area contributed by atoms with E-state index in [1.54, 1.807) is 28.1 Å². The number of nitrogens with one attached hydrogen (secondary N) is 1. The number of ether oxygens (including phenoxy) is 3. The third-order valence-electron chi connectivity index (χ3n) is 6.43. The van der Waals surface area contributed by atoms with Crippen LogP contribution in [0.25, 0.3) is 21.7 Å². The zero-order chi connectivity index (χ0) is 25.4. The Balaban J connectivity index is 1.65. The molecule has 1 saturated carbocycles. The zero-order valence-corrected chi connectivity index (χ0v) is 21.9. The van der Waals surface area contributed by atoms with Gasteiger partial charge in [-0.15, -0.1) is 0 Å². The van der Waals surface area contributed by atoms with Gasteiger partial charge in [0.15, 0.2) is 16.7 Å². The molecule has 4 aromatic rings. The van der Waals surface area contributed by atoms with Crippen LogP contribution in [0.4, 0.5) is 11.5 Å². The average Bonchev–Trinajstić information content (AvgIpc) is 3.72. The minimum atomic E-state index is -0.866. The van der Waals surface area contributed by atoms with Crippen molar-refractivity contribution in [1.82, 2.24) is 9.97 Å². The lowest BCUT2D eigenvalue weighted by molar-refractivity contribution is -0.142. The average molecular weight is 504 g/mol. The highest BCUT2D eigenvalue weighted by atomic mass is 32.2. The lowest BCUT2D eigenvalue weighted by Gasteiger charge is -2.21. The molecule has 0 bridgehead atoms. The number of thioether (sulfide) groups is 1. The number of benzene rings is 3. The topological polar surface area (TPSA) is 82.6 Å². The summed E-state index contributed by atoms with van der Waals surface area (Å²) in [4.78, 5) is 21.9. The van der Waals surface area contributed by atoms with Gasteiger partial charge < -0.3 is 19.5 Å². The molecule has 1 N–H and O–H groups in total. The zero-order valence-electron chi connectivity index (χ0n) is 21.0. The van der Waals surface area contributed by atoms with Crippen molar-refractivity contribution in [3.05, 3.63) is 54.1 Å². The molecule has 0 unspecified atom stereocenters. The first kappa shape index (κ1) is 24.2. The van der Waals surface area contributed by atoms with Crippen LogP contribution in [0, 0.1) is 0 Å². The predicted octanol–water partition coefficient (Wildman–Crippen LogP) is 6.46. The van der Waals surface area contributed by atoms with E-state index in [-0.39, 0.29) is 5.97 Å². The van der Waals surface area contributed by atoms with E-state index in [4.69, 9.17) is 24.2 Å². The van der Waals surface area contributed by atoms with Gasteiger partial charge in [0.25, 0.3) is 0 Å². The molecular formula is C28H29N3O4S. The van der Waals surface area contributed by atoms with Crippen molar-refractivity contribution in [2.45, 2.75) is 42.5 Å². The first-order valence-corrected chi connectivity index (χ1v) is 12.7. The summed E-state index contributed by atoms with van der Waals surface area (Å²) in [5, 5.41) is 7.18. The van der Waals surface area contributed by atoms with Gasteiger partial charge in [-0.2, -0.15) is 0 Å². The van der Waals surface area contributed by atoms with Crippen molar-refractivity contribution >= 4 is 50.9 Å². The van der Waals surface area contributed by atoms with Crippen LogP contribution < -0.4 is 14.8 Å². The molecule has 0 amide bonds. The number of fused-ring (bicyclic) bond motifs is 2. The van der Waals surface area contributed by atoms with E-state index in [0.717, 1.165) is 16.5 Å². The van der Waals surface area contributed by atoms with Crippen LogP contribution in [0.15, 0.2) is 53.7 Å². The smallest absolute Gasteiger partial charge is 0.321 e. The molecule has 36 heavy (non-hydrogen) atoms. The van der Waals surface area contributed by atoms with Gasteiger partial charge in [-0.3, -0.25) is 4.79 Å². The van der Waals surface area contributed by atoms with E-state index >= 15 is 0 Å². The fraction of sp³-hybridized carbons (Fsp3) is 0.321. The standard InChI is InChI=1S/C28H29N3O4S/c1-28(2,26(32)35-5)36-27-30-22-15-24(34-4)23(33-3)14-20(22)25(31-27)29-21-13-12-17(16-10-11-16)18-8-6-7-9-19(18)21/h6-9,12-16H,10-11H2,1-5H3,(H,29,30,31). The predicted molar refractivity (Wildman–Crippen MR) is 144 cm³/mol. The Morgan fingerprint density at radius 1 is 0.944 bits per heavy atom. The van der Waals surface area contributed by atoms with Gasteiger partial charge in [-0.1, -0.05) is 42.1 Å². The monoisotopic (exact) mass is 503 g/mol. The molecule has 186 valence electrons. The highest BCUT2D eigenvalue weighted by molar-refractivity contribution is 8.01. The molecule has 1 aliphatic rings. The summed E-state index contributed by atoms with van der Waals surface area (Å²) in [5.41, 5.74) is 3.02. The Kier molecular flexibility index (Phi) is 6.38. The van der Waals surface area contributed by atoms with Crippen molar-refractivity contribution in [3.8, 4) is 11.5 Å². The quantitative estimate of drug-likeness (QED) is 0.167. The van der Waals surface area contributed by atoms with Crippen molar-refractivity contribution in [1.29, 1.82) is 0 Å². The van der Waals surface area contributed by atoms with Crippen LogP contribution in [0.5, 0.6) is 11.5 Å². The number of esters is 1. The summed E-state index contributed by atoms with van der Waals surface area (Å²) in [6.45, 7) is 3.59. The largest absolute Gasteiger partial charge is 0.493 e. The Labute approximate surface area is 214 Å². The molecular weight excluding hydrogens is 474 g/mol. The Morgan fingerprint density at radius 2 is 1.64 bits per heavy atom. The summed E-state index contributed by atoms with van der Waals surface area (Å²) in [5.74, 6) is 2.06. The van der Waals surface area contributed by atoms with E-state index < -0.39 is 4.75 Å². The Hall–Kier alpha value is -3.52. The van der Waals surface area contributed by atoms with Crippen LogP contribution in [0.3, 0.4) is 0 Å². The lowest BCUT2D eigenvalue weighted by Crippen LogP contribution is -2.29. The third kappa shape index (κ3) is 4.53. The van der Waals surface area contributed by atoms with Crippen molar-refractivity contribution < 1.29 is 19.0 Å². The molecule has 1 aromatic heterocycles. The number of hydrogen-bond acceptors (Lipinski definition) is 8. The Bertz CT molecular complexity index is 1470. The summed E-state index contributed by atoms with van der Waals surface area (Å²) < 4.78 is 15.2. The number of aromatic nitrogens is 2. The molecule has 0 saturated heterocycles. The highest BCUT2D eigenvalue weighted by Gasteiger charge is 2.32. The minimum absolute atomic E-state index is 0.348. The van der Waals surface area contributed by atoms with Gasteiger partial charge in [0.1, 0.15) is 10.6 Å². The summed E-state index contributed by atoms with van der Waals surface area (Å²) >= 11 is 1.25. The number of nitrogens with zero attached hydrogens (tertiary/aromatic N) is 2. The molecule has 1 fully saturated rings. The summed E-state index contributed by atoms with van der Waals surface area (Å²) in [6, 6.07) is 16.5. The van der Waals surface area contributed by atoms with Crippen LogP contribution in [-0.4, -0.2) is 42.0 Å². The number of methoxy groups -OCH3 is 3. The van der Waals surface area contributed by atoms with Crippen molar-refractivity contribution in [2.24, 2.45) is 0 Å². The summed E-state index contributed by atoms with van der Waals surface area (Å²) in [7, 11) is 4.57. The molecule has 0 spiro atoms. The van der Waals surface area contributed by atoms with E-state index in [9.17, 15) is 4.79 Å². The van der Waals surface area contributed by atoms with Crippen molar-refractivity contribution in [2.75, 3.05) is 26.6 Å². The minimum Gasteiger partial charge on any atom is -0.493 e. The number of anilines is 2. The lowest BCUT2D eigenvalue weighted by atomic mass is 9.99. The van der Waals surface area contributed by atoms with E-state index in [1.807, 2.05) is 12.1 Å². The molecule has 1 heterocycles. The first-order valence-electron chi connectivity index (χ1n) is 11.8. The molecule has 0 atom stereocenters. The van der Waals surface area contributed by atoms with Gasteiger partial charge in [0, 0.05) is 22.5 Å². The number of carbonyl (C=O) groups is 1. The SMILES string of the molecule is COC(=O)C(C)(C)Sc1nc(Nc2ccc(C3CC3)c3ccccc23)c2cc(OC)c(OC)cc2n1. The van der Waals surface area contributed by atoms with Crippen LogP contribution in [0.1, 0.15) is 38.2 Å². The van der Waals surface area contributed by atoms with E-state index in [0.29, 0.717) is 33.9 Å². The number of rotatable bonds is 8. The van der Waals surface area contributed by atoms with Crippen LogP contribution in [0.2, 0.25) is 0 Å². The number of carbonyl (C=O) groups excluding carboxylic acids is 1. The molecule has 8 heteroatoms. The van der Waals surface area contributed by atoms with Gasteiger partial charge in [-0.05, 0) is 55.7 Å². The van der Waals surface area contributed by atoms with Gasteiger partial charge >= 0.3 is 5.97 Å². The van der Waals surface area contributed by atoms with Crippen LogP contribution in [-0.2, 0) is 9.53 Å². The Morgan fingerprint density at radius 3 is 2.31 bits per heavy atom. The van der Waals surface area contributed by atoms with E-state index in [2.05, 4.69) is 41.7 Å². The normalized spacial score (nSPS) is 13.6. The first-order chi connectivity index (χ1) is 17.3. The second-order valence-corrected chi connectivity index (χ2v) is 10.9. The molecule has 1 aliphatic carbocycles. The molecule has 7 nitrogen and oxygen atoms in total. The van der Waals surface area contributed by atoms with Crippen molar-refractivity contribution in [3.63, 3.8) is 0 Å². The maximum absolute atomic E-state index is 12.3. The maximum atomic E-state index is 12.3. The molecule has 0 aliphatic heterocycles. The fourth-order valence-electron chi connectivity index (χ4n) is 4.40. The van der Waals surface area contributed by atoms with Gasteiger partial charge in [0.05, 0.1) is 26.8 Å². The second-order valence-electron chi connectivity index (χ2n) is 9.33.